The summed E-state index contributed by atoms with van der Waals surface area (Å²) in [7, 11) is 0. The minimum absolute atomic E-state index is 0.236. The van der Waals surface area contributed by atoms with Gasteiger partial charge in [-0.05, 0) is 19.8 Å². The fourth-order valence-electron chi connectivity index (χ4n) is 1.35. The Labute approximate surface area is 109 Å². The molecule has 0 radical (unpaired) electrons. The molecular formula is C11H13ClN2O2S. The molecule has 0 aromatic carbocycles. The molecule has 1 aliphatic rings. The molecule has 1 aromatic rings. The van der Waals surface area contributed by atoms with E-state index in [9.17, 15) is 4.79 Å². The molecule has 1 heterocycles. The van der Waals surface area contributed by atoms with E-state index >= 15 is 0 Å². The lowest BCUT2D eigenvalue weighted by atomic mass is 10.4. The van der Waals surface area contributed by atoms with Gasteiger partial charge in [0, 0.05) is 12.0 Å². The number of hydrogen-bond donors (Lipinski definition) is 0. The van der Waals surface area contributed by atoms with Crippen molar-refractivity contribution in [2.45, 2.75) is 30.7 Å². The van der Waals surface area contributed by atoms with Gasteiger partial charge in [0.05, 0.1) is 12.4 Å². The minimum atomic E-state index is -0.236. The Bertz CT molecular complexity index is 424. The van der Waals surface area contributed by atoms with Gasteiger partial charge in [-0.2, -0.15) is 0 Å². The van der Waals surface area contributed by atoms with Gasteiger partial charge in [0.15, 0.2) is 0 Å². The number of halogens is 1. The number of rotatable bonds is 5. The first-order chi connectivity index (χ1) is 8.19. The third kappa shape index (κ3) is 3.85. The van der Waals surface area contributed by atoms with Crippen LogP contribution in [0, 0.1) is 0 Å². The maximum atomic E-state index is 11.2. The lowest BCUT2D eigenvalue weighted by Gasteiger charge is -2.04. The molecule has 92 valence electrons. The molecule has 1 aromatic heterocycles. The highest BCUT2D eigenvalue weighted by Crippen LogP contribution is 2.39. The average molecular weight is 273 g/mol. The van der Waals surface area contributed by atoms with E-state index in [0.717, 1.165) is 23.7 Å². The van der Waals surface area contributed by atoms with Crippen molar-refractivity contribution in [3.05, 3.63) is 17.0 Å². The average Bonchev–Trinajstić information content (AvgIpc) is 3.10. The van der Waals surface area contributed by atoms with Gasteiger partial charge in [-0.1, -0.05) is 23.4 Å². The van der Waals surface area contributed by atoms with Gasteiger partial charge in [0.1, 0.15) is 16.0 Å². The Balaban J connectivity index is 1.97. The fraction of sp³-hybridized carbons (Fsp3) is 0.545. The van der Waals surface area contributed by atoms with Crippen LogP contribution in [0.2, 0.25) is 5.15 Å². The topological polar surface area (TPSA) is 52.1 Å². The predicted octanol–water partition coefficient (Wildman–Crippen LogP) is 2.66. The molecule has 0 atom stereocenters. The number of thioether (sulfide) groups is 1. The maximum Gasteiger partial charge on any atom is 0.316 e. The summed E-state index contributed by atoms with van der Waals surface area (Å²) in [5.74, 6) is 1.27. The Hall–Kier alpha value is -0.810. The lowest BCUT2D eigenvalue weighted by Crippen LogP contribution is -2.07. The summed E-state index contributed by atoms with van der Waals surface area (Å²) >= 11 is 7.25. The molecule has 1 fully saturated rings. The molecule has 1 aliphatic carbocycles. The zero-order valence-corrected chi connectivity index (χ0v) is 11.1. The van der Waals surface area contributed by atoms with Crippen molar-refractivity contribution >= 4 is 29.3 Å². The second-order valence-corrected chi connectivity index (χ2v) is 5.14. The summed E-state index contributed by atoms with van der Waals surface area (Å²) in [6, 6.07) is 1.68. The van der Waals surface area contributed by atoms with Crippen molar-refractivity contribution in [2.24, 2.45) is 0 Å². The summed E-state index contributed by atoms with van der Waals surface area (Å²) in [6.45, 7) is 2.19. The molecule has 2 rings (SSSR count). The maximum absolute atomic E-state index is 11.2. The molecule has 17 heavy (non-hydrogen) atoms. The van der Waals surface area contributed by atoms with Gasteiger partial charge in [0.2, 0.25) is 0 Å². The van der Waals surface area contributed by atoms with Crippen LogP contribution in [-0.2, 0) is 9.53 Å². The van der Waals surface area contributed by atoms with Crippen molar-refractivity contribution in [1.29, 1.82) is 0 Å². The van der Waals surface area contributed by atoms with E-state index in [1.165, 1.54) is 11.8 Å². The van der Waals surface area contributed by atoms with Crippen molar-refractivity contribution in [2.75, 3.05) is 12.4 Å². The van der Waals surface area contributed by atoms with E-state index in [0.29, 0.717) is 17.7 Å². The van der Waals surface area contributed by atoms with Crippen LogP contribution < -0.4 is 0 Å². The van der Waals surface area contributed by atoms with Crippen molar-refractivity contribution in [3.63, 3.8) is 0 Å². The molecular weight excluding hydrogens is 260 g/mol. The molecule has 0 aliphatic heterocycles. The Morgan fingerprint density at radius 1 is 1.59 bits per heavy atom. The molecule has 0 bridgehead atoms. The largest absolute Gasteiger partial charge is 0.465 e. The standard InChI is InChI=1S/C11H13ClN2O2S/c1-2-16-10(15)6-17-9-5-8(12)13-11(14-9)7-3-4-7/h5,7H,2-4,6H2,1H3. The number of hydrogen-bond acceptors (Lipinski definition) is 5. The summed E-state index contributed by atoms with van der Waals surface area (Å²) in [5, 5.41) is 1.17. The Morgan fingerprint density at radius 2 is 2.35 bits per heavy atom. The van der Waals surface area contributed by atoms with Crippen LogP contribution in [0.4, 0.5) is 0 Å². The number of carbonyl (C=O) groups excluding carboxylic acids is 1. The highest BCUT2D eigenvalue weighted by Gasteiger charge is 2.27. The minimum Gasteiger partial charge on any atom is -0.465 e. The highest BCUT2D eigenvalue weighted by molar-refractivity contribution is 7.99. The zero-order valence-electron chi connectivity index (χ0n) is 9.48. The predicted molar refractivity (Wildman–Crippen MR) is 66.4 cm³/mol. The quantitative estimate of drug-likeness (QED) is 0.469. The third-order valence-corrected chi connectivity index (χ3v) is 3.35. The van der Waals surface area contributed by atoms with Crippen molar-refractivity contribution < 1.29 is 9.53 Å². The van der Waals surface area contributed by atoms with Crippen LogP contribution in [0.3, 0.4) is 0 Å². The second kappa shape index (κ2) is 5.69. The zero-order chi connectivity index (χ0) is 12.3. The number of esters is 1. The molecule has 6 heteroatoms. The van der Waals surface area contributed by atoms with Crippen molar-refractivity contribution in [3.8, 4) is 0 Å². The number of aromatic nitrogens is 2. The summed E-state index contributed by atoms with van der Waals surface area (Å²) in [4.78, 5) is 19.8. The molecule has 4 nitrogen and oxygen atoms in total. The second-order valence-electron chi connectivity index (χ2n) is 3.76. The van der Waals surface area contributed by atoms with Crippen LogP contribution >= 0.6 is 23.4 Å². The third-order valence-electron chi connectivity index (χ3n) is 2.27. The fourth-order valence-corrected chi connectivity index (χ4v) is 2.30. The SMILES string of the molecule is CCOC(=O)CSc1cc(Cl)nc(C2CC2)n1. The van der Waals surface area contributed by atoms with E-state index in [1.54, 1.807) is 13.0 Å². The van der Waals surface area contributed by atoms with Gasteiger partial charge in [-0.25, -0.2) is 9.97 Å². The molecule has 0 N–H and O–H groups in total. The van der Waals surface area contributed by atoms with Crippen molar-refractivity contribution in [1.82, 2.24) is 9.97 Å². The van der Waals surface area contributed by atoms with Crippen LogP contribution in [0.25, 0.3) is 0 Å². The smallest absolute Gasteiger partial charge is 0.316 e. The van der Waals surface area contributed by atoms with E-state index in [-0.39, 0.29) is 11.7 Å². The number of nitrogens with zero attached hydrogens (tertiary/aromatic N) is 2. The van der Waals surface area contributed by atoms with E-state index in [1.807, 2.05) is 0 Å². The first-order valence-corrected chi connectivity index (χ1v) is 6.88. The first-order valence-electron chi connectivity index (χ1n) is 5.52. The lowest BCUT2D eigenvalue weighted by molar-refractivity contribution is -0.139. The first kappa shape index (κ1) is 12.6. The summed E-state index contributed by atoms with van der Waals surface area (Å²) in [5.41, 5.74) is 0. The Kier molecular flexibility index (Phi) is 4.23. The monoisotopic (exact) mass is 272 g/mol. The van der Waals surface area contributed by atoms with Gasteiger partial charge >= 0.3 is 5.97 Å². The van der Waals surface area contributed by atoms with Crippen LogP contribution in [0.15, 0.2) is 11.1 Å². The van der Waals surface area contributed by atoms with Gasteiger partial charge < -0.3 is 4.74 Å². The van der Waals surface area contributed by atoms with E-state index in [4.69, 9.17) is 16.3 Å². The van der Waals surface area contributed by atoms with E-state index in [2.05, 4.69) is 9.97 Å². The van der Waals surface area contributed by atoms with Gasteiger partial charge in [-0.15, -0.1) is 0 Å². The molecule has 0 saturated heterocycles. The van der Waals surface area contributed by atoms with Crippen LogP contribution in [0.1, 0.15) is 31.5 Å². The van der Waals surface area contributed by atoms with E-state index < -0.39 is 0 Å². The molecule has 0 unspecified atom stereocenters. The Morgan fingerprint density at radius 3 is 3.00 bits per heavy atom. The molecule has 1 saturated carbocycles. The van der Waals surface area contributed by atoms with Gasteiger partial charge in [-0.3, -0.25) is 4.79 Å². The normalized spacial score (nSPS) is 14.7. The summed E-state index contributed by atoms with van der Waals surface area (Å²) < 4.78 is 4.85. The molecule has 0 amide bonds. The van der Waals surface area contributed by atoms with Crippen LogP contribution in [0.5, 0.6) is 0 Å². The number of ether oxygens (including phenoxy) is 1. The molecule has 0 spiro atoms. The number of carbonyl (C=O) groups is 1. The van der Waals surface area contributed by atoms with Gasteiger partial charge in [0.25, 0.3) is 0 Å². The van der Waals surface area contributed by atoms with Crippen LogP contribution in [-0.4, -0.2) is 28.3 Å². The summed E-state index contributed by atoms with van der Waals surface area (Å²) in [6.07, 6.45) is 2.25. The highest BCUT2D eigenvalue weighted by atomic mass is 35.5.